The highest BCUT2D eigenvalue weighted by Crippen LogP contribution is 2.34. The molecule has 0 bridgehead atoms. The molecule has 33 heavy (non-hydrogen) atoms. The molecule has 0 radical (unpaired) electrons. The summed E-state index contributed by atoms with van der Waals surface area (Å²) in [5, 5.41) is 22.9. The maximum Gasteiger partial charge on any atom is 0.324 e. The van der Waals surface area contributed by atoms with Crippen molar-refractivity contribution in [1.82, 2.24) is 24.9 Å². The van der Waals surface area contributed by atoms with Gasteiger partial charge in [-0.15, -0.1) is 0 Å². The molecule has 1 aliphatic carbocycles. The number of anilines is 1. The number of nitrogens with one attached hydrogen (secondary N) is 1. The van der Waals surface area contributed by atoms with Gasteiger partial charge in [0, 0.05) is 6.07 Å². The number of hydrogen-bond donors (Lipinski definition) is 1. The molecule has 1 amide bonds. The molecule has 11 nitrogen and oxygen atoms in total. The predicted molar refractivity (Wildman–Crippen MR) is 121 cm³/mol. The molecular weight excluding hydrogens is 446 g/mol. The minimum absolute atomic E-state index is 0.102. The summed E-state index contributed by atoms with van der Waals surface area (Å²) < 4.78 is 7.22. The van der Waals surface area contributed by atoms with Gasteiger partial charge in [0.25, 0.3) is 5.91 Å². The molecular formula is C21H21N7O4S. The van der Waals surface area contributed by atoms with Crippen molar-refractivity contribution in [2.75, 3.05) is 5.32 Å². The van der Waals surface area contributed by atoms with E-state index in [1.807, 2.05) is 4.68 Å². The Balaban J connectivity index is 1.61. The van der Waals surface area contributed by atoms with Crippen molar-refractivity contribution < 1.29 is 14.2 Å². The van der Waals surface area contributed by atoms with Crippen LogP contribution in [-0.4, -0.2) is 35.7 Å². The van der Waals surface area contributed by atoms with Gasteiger partial charge < -0.3 is 9.84 Å². The fourth-order valence-corrected chi connectivity index (χ4v) is 4.96. The molecule has 170 valence electrons. The summed E-state index contributed by atoms with van der Waals surface area (Å²) in [4.78, 5) is 33.0. The number of aryl methyl sites for hydroxylation is 2. The highest BCUT2D eigenvalue weighted by atomic mass is 32.1. The molecule has 1 saturated carbocycles. The first-order chi connectivity index (χ1) is 15.9. The Morgan fingerprint density at radius 1 is 1.24 bits per heavy atom. The summed E-state index contributed by atoms with van der Waals surface area (Å²) in [7, 11) is 0. The number of nitro groups is 1. The summed E-state index contributed by atoms with van der Waals surface area (Å²) in [6, 6.07) is 2.97. The van der Waals surface area contributed by atoms with E-state index in [0.717, 1.165) is 37.0 Å². The minimum atomic E-state index is -0.520. The molecule has 1 aliphatic rings. The van der Waals surface area contributed by atoms with Crippen LogP contribution in [-0.2, 0) is 0 Å². The average Bonchev–Trinajstić information content (AvgIpc) is 3.53. The zero-order valence-corrected chi connectivity index (χ0v) is 18.9. The van der Waals surface area contributed by atoms with Gasteiger partial charge in [0.15, 0.2) is 11.5 Å². The van der Waals surface area contributed by atoms with Gasteiger partial charge in [-0.2, -0.15) is 5.10 Å². The number of rotatable bonds is 5. The van der Waals surface area contributed by atoms with Crippen LogP contribution in [0.4, 0.5) is 10.8 Å². The molecule has 0 spiro atoms. The first kappa shape index (κ1) is 21.2. The van der Waals surface area contributed by atoms with Crippen LogP contribution < -0.4 is 5.32 Å². The monoisotopic (exact) mass is 467 g/mol. The highest BCUT2D eigenvalue weighted by Gasteiger charge is 2.25. The van der Waals surface area contributed by atoms with Crippen LogP contribution in [0.2, 0.25) is 0 Å². The van der Waals surface area contributed by atoms with E-state index < -0.39 is 10.8 Å². The summed E-state index contributed by atoms with van der Waals surface area (Å²) in [6.07, 6.45) is 7.17. The Morgan fingerprint density at radius 3 is 2.70 bits per heavy atom. The Kier molecular flexibility index (Phi) is 5.36. The molecule has 4 aromatic rings. The number of thiophene rings is 1. The summed E-state index contributed by atoms with van der Waals surface area (Å²) >= 11 is 0.808. The fraction of sp³-hybridized carbons (Fsp3) is 0.381. The van der Waals surface area contributed by atoms with Crippen LogP contribution in [0.25, 0.3) is 22.4 Å². The Morgan fingerprint density at radius 2 is 2.03 bits per heavy atom. The predicted octanol–water partition coefficient (Wildman–Crippen LogP) is 4.83. The van der Waals surface area contributed by atoms with Crippen LogP contribution in [0, 0.1) is 24.0 Å². The van der Waals surface area contributed by atoms with Gasteiger partial charge in [0.2, 0.25) is 0 Å². The lowest BCUT2D eigenvalue weighted by Crippen LogP contribution is -2.16. The quantitative estimate of drug-likeness (QED) is 0.325. The van der Waals surface area contributed by atoms with Crippen LogP contribution >= 0.6 is 11.3 Å². The number of amides is 1. The van der Waals surface area contributed by atoms with E-state index in [-0.39, 0.29) is 21.7 Å². The van der Waals surface area contributed by atoms with Crippen molar-refractivity contribution in [2.24, 2.45) is 0 Å². The van der Waals surface area contributed by atoms with Crippen LogP contribution in [0.1, 0.15) is 59.3 Å². The summed E-state index contributed by atoms with van der Waals surface area (Å²) in [5.41, 5.74) is 1.93. The minimum Gasteiger partial charge on any atom is -0.361 e. The second-order valence-corrected chi connectivity index (χ2v) is 9.12. The fourth-order valence-electron chi connectivity index (χ4n) is 4.24. The molecule has 4 aromatic heterocycles. The largest absolute Gasteiger partial charge is 0.361 e. The van der Waals surface area contributed by atoms with E-state index in [4.69, 9.17) is 9.51 Å². The molecule has 1 fully saturated rings. The lowest BCUT2D eigenvalue weighted by molar-refractivity contribution is -0.380. The van der Waals surface area contributed by atoms with E-state index in [1.165, 1.54) is 18.6 Å². The maximum absolute atomic E-state index is 12.9. The zero-order valence-electron chi connectivity index (χ0n) is 18.1. The van der Waals surface area contributed by atoms with Crippen molar-refractivity contribution in [3.8, 4) is 11.4 Å². The molecule has 4 heterocycles. The number of carbonyl (C=O) groups is 1. The lowest BCUT2D eigenvalue weighted by atomic mass is 9.96. The molecule has 0 aromatic carbocycles. The van der Waals surface area contributed by atoms with Gasteiger partial charge >= 0.3 is 5.00 Å². The summed E-state index contributed by atoms with van der Waals surface area (Å²) in [5.74, 6) is 0.756. The normalized spacial score (nSPS) is 14.6. The number of aromatic nitrogens is 5. The zero-order chi connectivity index (χ0) is 23.1. The third-order valence-corrected chi connectivity index (χ3v) is 6.89. The van der Waals surface area contributed by atoms with Gasteiger partial charge in [-0.3, -0.25) is 14.9 Å². The van der Waals surface area contributed by atoms with Crippen molar-refractivity contribution in [3.63, 3.8) is 0 Å². The van der Waals surface area contributed by atoms with Crippen LogP contribution in [0.5, 0.6) is 0 Å². The van der Waals surface area contributed by atoms with Crippen LogP contribution in [0.15, 0.2) is 22.9 Å². The number of fused-ring (bicyclic) bond motifs is 1. The molecule has 12 heteroatoms. The van der Waals surface area contributed by atoms with E-state index in [9.17, 15) is 14.9 Å². The smallest absolute Gasteiger partial charge is 0.324 e. The highest BCUT2D eigenvalue weighted by molar-refractivity contribution is 7.17. The molecule has 0 atom stereocenters. The van der Waals surface area contributed by atoms with Crippen LogP contribution in [0.3, 0.4) is 0 Å². The van der Waals surface area contributed by atoms with Crippen molar-refractivity contribution in [1.29, 1.82) is 0 Å². The van der Waals surface area contributed by atoms with E-state index in [2.05, 4.69) is 20.6 Å². The SMILES string of the molecule is Cc1noc(C)c1-c1nc(NC(=O)c2ccc([N+](=O)[O-])s2)c2cnn(C3CCCCC3)c2n1. The third-order valence-electron chi connectivity index (χ3n) is 5.86. The first-order valence-electron chi connectivity index (χ1n) is 10.7. The van der Waals surface area contributed by atoms with E-state index in [0.29, 0.717) is 33.9 Å². The number of nitrogens with zero attached hydrogens (tertiary/aromatic N) is 6. The second kappa shape index (κ2) is 8.35. The maximum atomic E-state index is 12.9. The Bertz CT molecular complexity index is 1350. The third kappa shape index (κ3) is 3.86. The topological polar surface area (TPSA) is 142 Å². The molecule has 1 N–H and O–H groups in total. The molecule has 0 aliphatic heterocycles. The van der Waals surface area contributed by atoms with Gasteiger partial charge in [0.05, 0.1) is 38.7 Å². The van der Waals surface area contributed by atoms with Gasteiger partial charge in [-0.1, -0.05) is 35.8 Å². The average molecular weight is 468 g/mol. The van der Waals surface area contributed by atoms with E-state index >= 15 is 0 Å². The standard InChI is InChI=1S/C21H21N7O4S/c1-11-17(12(2)32-26-11)19-23-18(25-21(29)15-8-9-16(33-15)28(30)31)14-10-22-27(20(14)24-19)13-6-4-3-5-7-13/h8-10,13H,3-7H2,1-2H3,(H,23,24,25,29). The summed E-state index contributed by atoms with van der Waals surface area (Å²) in [6.45, 7) is 3.59. The lowest BCUT2D eigenvalue weighted by Gasteiger charge is -2.22. The molecule has 0 unspecified atom stereocenters. The van der Waals surface area contributed by atoms with Crippen molar-refractivity contribution in [2.45, 2.75) is 52.0 Å². The van der Waals surface area contributed by atoms with Gasteiger partial charge in [-0.05, 0) is 32.8 Å². The second-order valence-electron chi connectivity index (χ2n) is 8.06. The Labute approximate surface area is 192 Å². The number of hydrogen-bond acceptors (Lipinski definition) is 9. The molecule has 5 rings (SSSR count). The van der Waals surface area contributed by atoms with Crippen molar-refractivity contribution >= 4 is 39.1 Å². The van der Waals surface area contributed by atoms with Gasteiger partial charge in [-0.25, -0.2) is 14.6 Å². The number of carbonyl (C=O) groups excluding carboxylic acids is 1. The Hall–Kier alpha value is -3.67. The van der Waals surface area contributed by atoms with E-state index in [1.54, 1.807) is 20.0 Å². The molecule has 0 saturated heterocycles. The first-order valence-corrected chi connectivity index (χ1v) is 11.5. The van der Waals surface area contributed by atoms with Crippen molar-refractivity contribution in [3.05, 3.63) is 44.8 Å². The van der Waals surface area contributed by atoms with Gasteiger partial charge in [0.1, 0.15) is 11.6 Å².